The standard InChI is InChI=1S/C19H25N5O2/c1-26-19-13(3-2-4-22-19)10-24-11-14-7-16(17(25)8-15(14)12-24)23-18-9-20-5-6-21-18/h2-6,9,14-17,25H,7-8,10-12H2,1H3,(H,21,23)/t14-,15+,16-,17-/m1/s1. The summed E-state index contributed by atoms with van der Waals surface area (Å²) in [6.45, 7) is 2.88. The summed E-state index contributed by atoms with van der Waals surface area (Å²) in [5.74, 6) is 2.54. The lowest BCUT2D eigenvalue weighted by molar-refractivity contribution is 0.0735. The van der Waals surface area contributed by atoms with E-state index in [2.05, 4.69) is 31.2 Å². The molecule has 0 bridgehead atoms. The molecule has 0 radical (unpaired) electrons. The second-order valence-electron chi connectivity index (χ2n) is 7.27. The van der Waals surface area contributed by atoms with Gasteiger partial charge in [0, 0.05) is 43.8 Å². The molecule has 0 amide bonds. The van der Waals surface area contributed by atoms with Gasteiger partial charge in [0.2, 0.25) is 5.88 Å². The number of anilines is 1. The molecule has 2 fully saturated rings. The summed E-state index contributed by atoms with van der Waals surface area (Å²) in [5, 5.41) is 13.9. The minimum atomic E-state index is -0.355. The van der Waals surface area contributed by atoms with Gasteiger partial charge in [0.15, 0.2) is 0 Å². The largest absolute Gasteiger partial charge is 0.481 e. The molecule has 138 valence electrons. The van der Waals surface area contributed by atoms with E-state index >= 15 is 0 Å². The van der Waals surface area contributed by atoms with Gasteiger partial charge in [-0.05, 0) is 30.7 Å². The molecule has 0 unspecified atom stereocenters. The number of likely N-dealkylation sites (tertiary alicyclic amines) is 1. The number of rotatable bonds is 5. The third-order valence-electron chi connectivity index (χ3n) is 5.55. The first kappa shape index (κ1) is 17.2. The number of aliphatic hydroxyl groups is 1. The van der Waals surface area contributed by atoms with E-state index in [1.165, 1.54) is 0 Å². The Hall–Kier alpha value is -2.25. The molecule has 2 N–H and O–H groups in total. The summed E-state index contributed by atoms with van der Waals surface area (Å²) in [6, 6.07) is 4.05. The van der Waals surface area contributed by atoms with Crippen molar-refractivity contribution in [2.75, 3.05) is 25.5 Å². The Kier molecular flexibility index (Phi) is 4.99. The van der Waals surface area contributed by atoms with Crippen LogP contribution >= 0.6 is 0 Å². The third kappa shape index (κ3) is 3.64. The highest BCUT2D eigenvalue weighted by Crippen LogP contribution is 2.38. The maximum atomic E-state index is 10.6. The minimum absolute atomic E-state index is 0.0285. The van der Waals surface area contributed by atoms with Gasteiger partial charge in [0.25, 0.3) is 0 Å². The second kappa shape index (κ2) is 7.55. The van der Waals surface area contributed by atoms with E-state index in [1.807, 2.05) is 6.07 Å². The van der Waals surface area contributed by atoms with Gasteiger partial charge in [-0.1, -0.05) is 6.07 Å². The van der Waals surface area contributed by atoms with Crippen molar-refractivity contribution < 1.29 is 9.84 Å². The first-order chi connectivity index (χ1) is 12.7. The van der Waals surface area contributed by atoms with E-state index < -0.39 is 0 Å². The van der Waals surface area contributed by atoms with Crippen LogP contribution in [-0.2, 0) is 6.54 Å². The molecular weight excluding hydrogens is 330 g/mol. The van der Waals surface area contributed by atoms with Crippen LogP contribution in [0, 0.1) is 11.8 Å². The average Bonchev–Trinajstić information content (AvgIpc) is 3.04. The van der Waals surface area contributed by atoms with Crippen LogP contribution in [0.1, 0.15) is 18.4 Å². The zero-order valence-electron chi connectivity index (χ0n) is 15.0. The van der Waals surface area contributed by atoms with Gasteiger partial charge >= 0.3 is 0 Å². The summed E-state index contributed by atoms with van der Waals surface area (Å²) < 4.78 is 5.37. The summed E-state index contributed by atoms with van der Waals surface area (Å²) in [5.41, 5.74) is 1.11. The number of hydrogen-bond acceptors (Lipinski definition) is 7. The predicted molar refractivity (Wildman–Crippen MR) is 97.7 cm³/mol. The predicted octanol–water partition coefficient (Wildman–Crippen LogP) is 1.56. The van der Waals surface area contributed by atoms with Crippen LogP contribution in [0.4, 0.5) is 5.82 Å². The number of pyridine rings is 1. The molecule has 1 aliphatic heterocycles. The molecule has 1 saturated heterocycles. The molecular formula is C19H25N5O2. The fraction of sp³-hybridized carbons (Fsp3) is 0.526. The van der Waals surface area contributed by atoms with Crippen LogP contribution in [0.25, 0.3) is 0 Å². The second-order valence-corrected chi connectivity index (χ2v) is 7.27. The molecule has 26 heavy (non-hydrogen) atoms. The van der Waals surface area contributed by atoms with Crippen LogP contribution in [0.15, 0.2) is 36.9 Å². The molecule has 0 aromatic carbocycles. The number of fused-ring (bicyclic) bond motifs is 1. The lowest BCUT2D eigenvalue weighted by Crippen LogP contribution is -2.43. The Morgan fingerprint density at radius 1 is 1.19 bits per heavy atom. The van der Waals surface area contributed by atoms with Crippen LogP contribution in [0.3, 0.4) is 0 Å². The van der Waals surface area contributed by atoms with E-state index in [1.54, 1.807) is 31.9 Å². The number of nitrogens with one attached hydrogen (secondary N) is 1. The Labute approximate surface area is 153 Å². The molecule has 4 rings (SSSR count). The molecule has 0 spiro atoms. The van der Waals surface area contributed by atoms with Gasteiger partial charge in [-0.3, -0.25) is 9.88 Å². The molecule has 2 aromatic heterocycles. The average molecular weight is 355 g/mol. The summed E-state index contributed by atoms with van der Waals surface area (Å²) in [4.78, 5) is 15.1. The fourth-order valence-electron chi connectivity index (χ4n) is 4.34. The zero-order chi connectivity index (χ0) is 17.9. The van der Waals surface area contributed by atoms with Crippen molar-refractivity contribution in [3.63, 3.8) is 0 Å². The van der Waals surface area contributed by atoms with Gasteiger partial charge in [-0.15, -0.1) is 0 Å². The molecule has 3 heterocycles. The molecule has 1 saturated carbocycles. The lowest BCUT2D eigenvalue weighted by atomic mass is 9.77. The summed E-state index contributed by atoms with van der Waals surface area (Å²) in [6.07, 6.45) is 8.19. The highest BCUT2D eigenvalue weighted by molar-refractivity contribution is 5.32. The highest BCUT2D eigenvalue weighted by Gasteiger charge is 2.41. The SMILES string of the molecule is COc1ncccc1CN1C[C@H]2C[C@@H](Nc3cnccn3)[C@H](O)C[C@H]2C1. The van der Waals surface area contributed by atoms with E-state index in [9.17, 15) is 5.11 Å². The van der Waals surface area contributed by atoms with E-state index in [0.717, 1.165) is 43.9 Å². The highest BCUT2D eigenvalue weighted by atomic mass is 16.5. The van der Waals surface area contributed by atoms with Gasteiger partial charge in [-0.2, -0.15) is 0 Å². The topological polar surface area (TPSA) is 83.4 Å². The molecule has 1 aliphatic carbocycles. The van der Waals surface area contributed by atoms with E-state index in [4.69, 9.17) is 4.74 Å². The van der Waals surface area contributed by atoms with Crippen molar-refractivity contribution in [1.82, 2.24) is 19.9 Å². The Balaban J connectivity index is 1.39. The van der Waals surface area contributed by atoms with Crippen LogP contribution in [0.5, 0.6) is 5.88 Å². The van der Waals surface area contributed by atoms with Gasteiger partial charge in [0.05, 0.1) is 25.5 Å². The third-order valence-corrected chi connectivity index (χ3v) is 5.55. The molecule has 7 nitrogen and oxygen atoms in total. The first-order valence-electron chi connectivity index (χ1n) is 9.13. The van der Waals surface area contributed by atoms with E-state index in [-0.39, 0.29) is 12.1 Å². The van der Waals surface area contributed by atoms with Crippen molar-refractivity contribution in [1.29, 1.82) is 0 Å². The lowest BCUT2D eigenvalue weighted by Gasteiger charge is -2.35. The number of ether oxygens (including phenoxy) is 1. The van der Waals surface area contributed by atoms with E-state index in [0.29, 0.717) is 17.7 Å². The van der Waals surface area contributed by atoms with Gasteiger partial charge in [-0.25, -0.2) is 9.97 Å². The quantitative estimate of drug-likeness (QED) is 0.842. The monoisotopic (exact) mass is 355 g/mol. The number of nitrogens with zero attached hydrogens (tertiary/aromatic N) is 4. The number of hydrogen-bond donors (Lipinski definition) is 2. The maximum Gasteiger partial charge on any atom is 0.217 e. The fourth-order valence-corrected chi connectivity index (χ4v) is 4.34. The molecule has 2 aliphatic rings. The van der Waals surface area contributed by atoms with Gasteiger partial charge < -0.3 is 15.2 Å². The van der Waals surface area contributed by atoms with Crippen LogP contribution < -0.4 is 10.1 Å². The summed E-state index contributed by atoms with van der Waals surface area (Å²) in [7, 11) is 1.66. The zero-order valence-corrected chi connectivity index (χ0v) is 15.0. The number of aromatic nitrogens is 3. The number of aliphatic hydroxyl groups excluding tert-OH is 1. The Morgan fingerprint density at radius 2 is 2.04 bits per heavy atom. The summed E-state index contributed by atoms with van der Waals surface area (Å²) >= 11 is 0. The molecule has 4 atom stereocenters. The van der Waals surface area contributed by atoms with Crippen LogP contribution in [0.2, 0.25) is 0 Å². The molecule has 2 aromatic rings. The van der Waals surface area contributed by atoms with Crippen molar-refractivity contribution in [3.05, 3.63) is 42.5 Å². The van der Waals surface area contributed by atoms with Crippen molar-refractivity contribution in [3.8, 4) is 5.88 Å². The Bertz CT molecular complexity index is 729. The van der Waals surface area contributed by atoms with Crippen molar-refractivity contribution >= 4 is 5.82 Å². The smallest absolute Gasteiger partial charge is 0.217 e. The van der Waals surface area contributed by atoms with Crippen molar-refractivity contribution in [2.45, 2.75) is 31.5 Å². The normalized spacial score (nSPS) is 28.5. The molecule has 7 heteroatoms. The van der Waals surface area contributed by atoms with Crippen LogP contribution in [-0.4, -0.2) is 57.3 Å². The van der Waals surface area contributed by atoms with Gasteiger partial charge in [0.1, 0.15) is 5.82 Å². The minimum Gasteiger partial charge on any atom is -0.481 e. The Morgan fingerprint density at radius 3 is 2.81 bits per heavy atom. The number of methoxy groups -OCH3 is 1. The maximum absolute atomic E-state index is 10.6. The van der Waals surface area contributed by atoms with Crippen molar-refractivity contribution in [2.24, 2.45) is 11.8 Å². The first-order valence-corrected chi connectivity index (χ1v) is 9.13.